The Kier molecular flexibility index (Phi) is 43.5. The third-order valence-electron chi connectivity index (χ3n) is 9.99. The van der Waals surface area contributed by atoms with Crippen LogP contribution in [0.4, 0.5) is 0 Å². The van der Waals surface area contributed by atoms with Gasteiger partial charge in [0.15, 0.2) is 6.29 Å². The fourth-order valence-corrected chi connectivity index (χ4v) is 6.45. The van der Waals surface area contributed by atoms with E-state index in [0.717, 1.165) is 70.8 Å². The van der Waals surface area contributed by atoms with Gasteiger partial charge in [-0.25, -0.2) is 0 Å². The fourth-order valence-electron chi connectivity index (χ4n) is 6.45. The average Bonchev–Trinajstić information content (AvgIpc) is 3.18. The van der Waals surface area contributed by atoms with Gasteiger partial charge in [-0.15, -0.1) is 0 Å². The Labute approximate surface area is 339 Å². The van der Waals surface area contributed by atoms with Crippen LogP contribution in [0.15, 0.2) is 24.3 Å². The minimum absolute atomic E-state index is 0.0680. The van der Waals surface area contributed by atoms with Crippen LogP contribution in [0.25, 0.3) is 0 Å². The lowest BCUT2D eigenvalue weighted by atomic mass is 10.1. The summed E-state index contributed by atoms with van der Waals surface area (Å²) >= 11 is 0. The summed E-state index contributed by atoms with van der Waals surface area (Å²) in [4.78, 5) is 26.8. The van der Waals surface area contributed by atoms with E-state index in [1.54, 1.807) is 0 Å². The molecule has 0 fully saturated rings. The van der Waals surface area contributed by atoms with E-state index in [0.29, 0.717) is 58.8 Å². The van der Waals surface area contributed by atoms with Gasteiger partial charge in [0.2, 0.25) is 0 Å². The normalized spacial score (nSPS) is 11.9. The lowest BCUT2D eigenvalue weighted by molar-refractivity contribution is -0.161. The molecule has 8 heteroatoms. The highest BCUT2D eigenvalue weighted by Crippen LogP contribution is 2.12. The minimum atomic E-state index is -0.318. The number of esters is 2. The van der Waals surface area contributed by atoms with Gasteiger partial charge in [-0.1, -0.05) is 148 Å². The van der Waals surface area contributed by atoms with Crippen molar-refractivity contribution in [2.45, 2.75) is 213 Å². The predicted octanol–water partition coefficient (Wildman–Crippen LogP) is 12.2. The second kappa shape index (κ2) is 45.0. The van der Waals surface area contributed by atoms with Gasteiger partial charge in [0, 0.05) is 45.6 Å². The first-order valence-corrected chi connectivity index (χ1v) is 23.2. The molecule has 8 nitrogen and oxygen atoms in total. The third-order valence-corrected chi connectivity index (χ3v) is 9.99. The Bertz CT molecular complexity index is 846. The Morgan fingerprint density at radius 1 is 0.491 bits per heavy atom. The SMILES string of the molecule is CCCCC/C=C\C/C=C\CCCCCCCC(=O)OCCN(CCO)CCCCCC(=O)OCCC(OCCCCCCCC)OCCCCCCCC. The first-order valence-electron chi connectivity index (χ1n) is 23.2. The number of carbonyl (C=O) groups is 2. The minimum Gasteiger partial charge on any atom is -0.465 e. The second-order valence-electron chi connectivity index (χ2n) is 15.3. The Balaban J connectivity index is 4.03. The predicted molar refractivity (Wildman–Crippen MR) is 230 cm³/mol. The summed E-state index contributed by atoms with van der Waals surface area (Å²) in [6.45, 7) is 10.8. The first-order chi connectivity index (χ1) is 27.1. The molecule has 0 bridgehead atoms. The second-order valence-corrected chi connectivity index (χ2v) is 15.3. The molecule has 0 radical (unpaired) electrons. The van der Waals surface area contributed by atoms with E-state index in [1.807, 2.05) is 0 Å². The van der Waals surface area contributed by atoms with Crippen molar-refractivity contribution in [1.82, 2.24) is 4.90 Å². The quantitative estimate of drug-likeness (QED) is 0.0283. The van der Waals surface area contributed by atoms with Crippen LogP contribution in [-0.2, 0) is 28.5 Å². The molecular weight excluding hydrogens is 691 g/mol. The molecule has 0 aromatic rings. The summed E-state index contributed by atoms with van der Waals surface area (Å²) < 4.78 is 23.2. The smallest absolute Gasteiger partial charge is 0.305 e. The fraction of sp³-hybridized carbons (Fsp3) is 0.872. The van der Waals surface area contributed by atoms with Gasteiger partial charge in [-0.05, 0) is 70.8 Å². The maximum absolute atomic E-state index is 12.4. The maximum atomic E-state index is 12.4. The van der Waals surface area contributed by atoms with Crippen LogP contribution in [0, 0.1) is 0 Å². The largest absolute Gasteiger partial charge is 0.465 e. The number of aliphatic hydroxyl groups is 1. The molecule has 0 amide bonds. The Morgan fingerprint density at radius 2 is 0.945 bits per heavy atom. The Morgan fingerprint density at radius 3 is 1.51 bits per heavy atom. The topological polar surface area (TPSA) is 94.5 Å². The molecule has 0 rings (SSSR count). The molecule has 1 N–H and O–H groups in total. The molecular formula is C47H89NO7. The van der Waals surface area contributed by atoms with E-state index >= 15 is 0 Å². The van der Waals surface area contributed by atoms with Gasteiger partial charge in [-0.3, -0.25) is 14.5 Å². The number of rotatable bonds is 44. The molecule has 0 aromatic heterocycles. The number of aliphatic hydroxyl groups excluding tert-OH is 1. The van der Waals surface area contributed by atoms with Gasteiger partial charge in [0.1, 0.15) is 6.61 Å². The number of unbranched alkanes of at least 4 members (excludes halogenated alkanes) is 20. The number of ether oxygens (including phenoxy) is 4. The van der Waals surface area contributed by atoms with Gasteiger partial charge in [0.05, 0.1) is 13.2 Å². The molecule has 0 aliphatic heterocycles. The van der Waals surface area contributed by atoms with Gasteiger partial charge in [0.25, 0.3) is 0 Å². The highest BCUT2D eigenvalue weighted by molar-refractivity contribution is 5.69. The number of hydrogen-bond acceptors (Lipinski definition) is 8. The summed E-state index contributed by atoms with van der Waals surface area (Å²) in [6.07, 6.45) is 40.3. The molecule has 55 heavy (non-hydrogen) atoms. The molecule has 0 saturated carbocycles. The molecule has 0 aliphatic carbocycles. The van der Waals surface area contributed by atoms with Crippen molar-refractivity contribution in [3.8, 4) is 0 Å². The lowest BCUT2D eigenvalue weighted by Crippen LogP contribution is -2.32. The lowest BCUT2D eigenvalue weighted by Gasteiger charge is -2.21. The highest BCUT2D eigenvalue weighted by Gasteiger charge is 2.12. The van der Waals surface area contributed by atoms with E-state index in [-0.39, 0.29) is 24.8 Å². The molecule has 0 aliphatic rings. The summed E-state index contributed by atoms with van der Waals surface area (Å²) in [6, 6.07) is 0. The summed E-state index contributed by atoms with van der Waals surface area (Å²) in [5, 5.41) is 9.51. The zero-order valence-electron chi connectivity index (χ0n) is 36.4. The highest BCUT2D eigenvalue weighted by atomic mass is 16.7. The van der Waals surface area contributed by atoms with Crippen LogP contribution in [0.5, 0.6) is 0 Å². The van der Waals surface area contributed by atoms with Crippen LogP contribution in [0.3, 0.4) is 0 Å². The molecule has 0 heterocycles. The molecule has 0 atom stereocenters. The van der Waals surface area contributed by atoms with E-state index in [2.05, 4.69) is 50.0 Å². The van der Waals surface area contributed by atoms with Crippen molar-refractivity contribution in [3.05, 3.63) is 24.3 Å². The van der Waals surface area contributed by atoms with Crippen molar-refractivity contribution in [3.63, 3.8) is 0 Å². The average molecular weight is 780 g/mol. The van der Waals surface area contributed by atoms with E-state index in [4.69, 9.17) is 18.9 Å². The van der Waals surface area contributed by atoms with Crippen LogP contribution >= 0.6 is 0 Å². The first kappa shape index (κ1) is 53.3. The molecule has 0 saturated heterocycles. The molecule has 0 unspecified atom stereocenters. The van der Waals surface area contributed by atoms with Crippen molar-refractivity contribution in [2.75, 3.05) is 52.7 Å². The zero-order valence-corrected chi connectivity index (χ0v) is 36.4. The van der Waals surface area contributed by atoms with Crippen molar-refractivity contribution < 1.29 is 33.6 Å². The summed E-state index contributed by atoms with van der Waals surface area (Å²) in [5.41, 5.74) is 0. The van der Waals surface area contributed by atoms with E-state index in [1.165, 1.54) is 103 Å². The zero-order chi connectivity index (χ0) is 40.1. The maximum Gasteiger partial charge on any atom is 0.305 e. The van der Waals surface area contributed by atoms with Crippen molar-refractivity contribution in [2.24, 2.45) is 0 Å². The summed E-state index contributed by atoms with van der Waals surface area (Å²) in [7, 11) is 0. The standard InChI is InChI=1S/C47H89NO7/c1-4-7-10-13-16-17-18-19-20-21-22-23-24-25-29-34-46(51)53-44-39-48(38-40-49)37-31-28-30-35-45(50)52-43-36-47(54-41-32-26-14-11-8-5-2)55-42-33-27-15-12-9-6-3/h16-17,19-20,47,49H,4-15,18,21-44H2,1-3H3/b17-16-,20-19-. The van der Waals surface area contributed by atoms with Gasteiger partial charge < -0.3 is 24.1 Å². The number of nitrogens with zero attached hydrogens (tertiary/aromatic N) is 1. The van der Waals surface area contributed by atoms with E-state index in [9.17, 15) is 14.7 Å². The van der Waals surface area contributed by atoms with Gasteiger partial charge >= 0.3 is 11.9 Å². The molecule has 324 valence electrons. The molecule has 0 aromatic carbocycles. The van der Waals surface area contributed by atoms with Crippen LogP contribution in [-0.4, -0.2) is 80.9 Å². The van der Waals surface area contributed by atoms with E-state index < -0.39 is 0 Å². The van der Waals surface area contributed by atoms with Crippen LogP contribution in [0.1, 0.15) is 207 Å². The Hall–Kier alpha value is -1.74. The number of allylic oxidation sites excluding steroid dienone is 4. The number of hydrogen-bond donors (Lipinski definition) is 1. The van der Waals surface area contributed by atoms with Crippen molar-refractivity contribution >= 4 is 11.9 Å². The number of carbonyl (C=O) groups excluding carboxylic acids is 2. The summed E-state index contributed by atoms with van der Waals surface area (Å²) in [5.74, 6) is -0.304. The third kappa shape index (κ3) is 41.7. The molecule has 0 spiro atoms. The van der Waals surface area contributed by atoms with Crippen molar-refractivity contribution in [1.29, 1.82) is 0 Å². The monoisotopic (exact) mass is 780 g/mol. The van der Waals surface area contributed by atoms with Gasteiger partial charge in [-0.2, -0.15) is 0 Å². The van der Waals surface area contributed by atoms with Crippen LogP contribution < -0.4 is 0 Å². The van der Waals surface area contributed by atoms with Crippen LogP contribution in [0.2, 0.25) is 0 Å².